The van der Waals surface area contributed by atoms with E-state index in [1.807, 2.05) is 25.2 Å². The van der Waals surface area contributed by atoms with Gasteiger partial charge in [0.25, 0.3) is 0 Å². The van der Waals surface area contributed by atoms with E-state index < -0.39 is 0 Å². The second-order valence-corrected chi connectivity index (χ2v) is 4.27. The first-order chi connectivity index (χ1) is 8.69. The highest BCUT2D eigenvalue weighted by atomic mass is 19.1. The molecule has 3 heteroatoms. The lowest BCUT2D eigenvalue weighted by atomic mass is 9.99. The maximum Gasteiger partial charge on any atom is 0.123 e. The van der Waals surface area contributed by atoms with Crippen LogP contribution in [0.3, 0.4) is 0 Å². The fourth-order valence-corrected chi connectivity index (χ4v) is 1.98. The second kappa shape index (κ2) is 5.65. The Labute approximate surface area is 106 Å². The molecule has 0 radical (unpaired) electrons. The van der Waals surface area contributed by atoms with Gasteiger partial charge in [-0.25, -0.2) is 4.39 Å². The molecule has 0 saturated heterocycles. The van der Waals surface area contributed by atoms with E-state index in [4.69, 9.17) is 0 Å². The SMILES string of the molecule is CNC(Cc1ccc(O)cc1)c1cccc(F)c1. The zero-order valence-electron chi connectivity index (χ0n) is 10.2. The molecule has 0 aromatic heterocycles. The van der Waals surface area contributed by atoms with Crippen LogP contribution in [0.2, 0.25) is 0 Å². The van der Waals surface area contributed by atoms with E-state index in [9.17, 15) is 9.50 Å². The number of rotatable bonds is 4. The molecule has 18 heavy (non-hydrogen) atoms. The molecule has 2 aromatic rings. The van der Waals surface area contributed by atoms with Crippen LogP contribution in [0.4, 0.5) is 4.39 Å². The number of likely N-dealkylation sites (N-methyl/N-ethyl adjacent to an activating group) is 1. The van der Waals surface area contributed by atoms with Crippen LogP contribution in [-0.2, 0) is 6.42 Å². The molecule has 2 aromatic carbocycles. The summed E-state index contributed by atoms with van der Waals surface area (Å²) in [6.45, 7) is 0. The molecular formula is C15H16FNO. The normalized spacial score (nSPS) is 12.3. The van der Waals surface area contributed by atoms with E-state index in [0.29, 0.717) is 0 Å². The second-order valence-electron chi connectivity index (χ2n) is 4.27. The number of halogens is 1. The van der Waals surface area contributed by atoms with Gasteiger partial charge in [-0.2, -0.15) is 0 Å². The minimum absolute atomic E-state index is 0.0604. The van der Waals surface area contributed by atoms with Crippen LogP contribution in [0, 0.1) is 5.82 Å². The minimum Gasteiger partial charge on any atom is -0.508 e. The summed E-state index contributed by atoms with van der Waals surface area (Å²) in [5, 5.41) is 12.4. The number of phenolic OH excluding ortho intramolecular Hbond substituents is 1. The number of hydrogen-bond donors (Lipinski definition) is 2. The van der Waals surface area contributed by atoms with E-state index in [0.717, 1.165) is 17.5 Å². The van der Waals surface area contributed by atoms with E-state index in [-0.39, 0.29) is 17.6 Å². The molecule has 0 heterocycles. The first-order valence-corrected chi connectivity index (χ1v) is 5.89. The Balaban J connectivity index is 2.17. The fraction of sp³-hybridized carbons (Fsp3) is 0.200. The molecule has 2 rings (SSSR count). The van der Waals surface area contributed by atoms with Crippen molar-refractivity contribution < 1.29 is 9.50 Å². The van der Waals surface area contributed by atoms with E-state index in [1.54, 1.807) is 24.3 Å². The van der Waals surface area contributed by atoms with Crippen molar-refractivity contribution in [2.75, 3.05) is 7.05 Å². The third-order valence-electron chi connectivity index (χ3n) is 2.98. The average Bonchev–Trinajstić information content (AvgIpc) is 2.38. The molecule has 1 atom stereocenters. The molecular weight excluding hydrogens is 229 g/mol. The zero-order valence-corrected chi connectivity index (χ0v) is 10.2. The van der Waals surface area contributed by atoms with E-state index in [1.165, 1.54) is 6.07 Å². The van der Waals surface area contributed by atoms with Crippen molar-refractivity contribution >= 4 is 0 Å². The van der Waals surface area contributed by atoms with Gasteiger partial charge < -0.3 is 10.4 Å². The lowest BCUT2D eigenvalue weighted by Crippen LogP contribution is -2.18. The maximum absolute atomic E-state index is 13.2. The molecule has 0 spiro atoms. The van der Waals surface area contributed by atoms with Crippen molar-refractivity contribution in [1.29, 1.82) is 0 Å². The third-order valence-corrected chi connectivity index (χ3v) is 2.98. The summed E-state index contributed by atoms with van der Waals surface area (Å²) in [5.41, 5.74) is 2.02. The Morgan fingerprint density at radius 2 is 1.89 bits per heavy atom. The van der Waals surface area contributed by atoms with Crippen molar-refractivity contribution in [3.05, 3.63) is 65.5 Å². The number of phenols is 1. The van der Waals surface area contributed by atoms with Gasteiger partial charge in [-0.1, -0.05) is 24.3 Å². The highest BCUT2D eigenvalue weighted by Gasteiger charge is 2.10. The number of aromatic hydroxyl groups is 1. The molecule has 2 nitrogen and oxygen atoms in total. The molecule has 0 aliphatic heterocycles. The van der Waals surface area contributed by atoms with Gasteiger partial charge in [-0.15, -0.1) is 0 Å². The summed E-state index contributed by atoms with van der Waals surface area (Å²) < 4.78 is 13.2. The third kappa shape index (κ3) is 3.08. The molecule has 0 saturated carbocycles. The molecule has 0 aliphatic carbocycles. The van der Waals surface area contributed by atoms with Gasteiger partial charge in [0, 0.05) is 6.04 Å². The van der Waals surface area contributed by atoms with Gasteiger partial charge in [0.2, 0.25) is 0 Å². The molecule has 2 N–H and O–H groups in total. The van der Waals surface area contributed by atoms with Crippen LogP contribution in [-0.4, -0.2) is 12.2 Å². The van der Waals surface area contributed by atoms with Crippen molar-refractivity contribution in [2.45, 2.75) is 12.5 Å². The molecule has 0 amide bonds. The van der Waals surface area contributed by atoms with Crippen LogP contribution in [0.25, 0.3) is 0 Å². The molecule has 0 aliphatic rings. The molecule has 1 unspecified atom stereocenters. The van der Waals surface area contributed by atoms with Crippen LogP contribution in [0.15, 0.2) is 48.5 Å². The van der Waals surface area contributed by atoms with Gasteiger partial charge in [-0.05, 0) is 48.9 Å². The first kappa shape index (κ1) is 12.6. The summed E-state index contributed by atoms with van der Waals surface area (Å²) >= 11 is 0. The highest BCUT2D eigenvalue weighted by molar-refractivity contribution is 5.28. The Kier molecular flexibility index (Phi) is 3.95. The summed E-state index contributed by atoms with van der Waals surface area (Å²) in [6, 6.07) is 13.7. The van der Waals surface area contributed by atoms with Gasteiger partial charge in [0.15, 0.2) is 0 Å². The lowest BCUT2D eigenvalue weighted by molar-refractivity contribution is 0.475. The largest absolute Gasteiger partial charge is 0.508 e. The van der Waals surface area contributed by atoms with Crippen molar-refractivity contribution in [3.8, 4) is 5.75 Å². The zero-order chi connectivity index (χ0) is 13.0. The Hall–Kier alpha value is -1.87. The Bertz CT molecular complexity index is 510. The van der Waals surface area contributed by atoms with Crippen molar-refractivity contribution in [3.63, 3.8) is 0 Å². The highest BCUT2D eigenvalue weighted by Crippen LogP contribution is 2.20. The Morgan fingerprint density at radius 1 is 1.17 bits per heavy atom. The molecule has 94 valence electrons. The summed E-state index contributed by atoms with van der Waals surface area (Å²) in [5.74, 6) is 0.0315. The first-order valence-electron chi connectivity index (χ1n) is 5.89. The number of nitrogens with one attached hydrogen (secondary N) is 1. The minimum atomic E-state index is -0.224. The summed E-state index contributed by atoms with van der Waals surface area (Å²) in [6.07, 6.45) is 0.750. The van der Waals surface area contributed by atoms with Crippen LogP contribution in [0.5, 0.6) is 5.75 Å². The van der Waals surface area contributed by atoms with E-state index in [2.05, 4.69) is 5.32 Å². The quantitative estimate of drug-likeness (QED) is 0.867. The smallest absolute Gasteiger partial charge is 0.123 e. The number of hydrogen-bond acceptors (Lipinski definition) is 2. The van der Waals surface area contributed by atoms with Crippen molar-refractivity contribution in [1.82, 2.24) is 5.32 Å². The van der Waals surface area contributed by atoms with Gasteiger partial charge in [0.1, 0.15) is 11.6 Å². The monoisotopic (exact) mass is 245 g/mol. The fourth-order valence-electron chi connectivity index (χ4n) is 1.98. The number of benzene rings is 2. The maximum atomic E-state index is 13.2. The van der Waals surface area contributed by atoms with Crippen molar-refractivity contribution in [2.24, 2.45) is 0 Å². The standard InChI is InChI=1S/C15H16FNO/c1-17-15(12-3-2-4-13(16)10-12)9-11-5-7-14(18)8-6-11/h2-8,10,15,17-18H,9H2,1H3. The van der Waals surface area contributed by atoms with Gasteiger partial charge >= 0.3 is 0 Å². The lowest BCUT2D eigenvalue weighted by Gasteiger charge is -2.17. The summed E-state index contributed by atoms with van der Waals surface area (Å²) in [7, 11) is 1.86. The van der Waals surface area contributed by atoms with Gasteiger partial charge in [-0.3, -0.25) is 0 Å². The molecule has 0 fully saturated rings. The van der Waals surface area contributed by atoms with Crippen LogP contribution in [0.1, 0.15) is 17.2 Å². The van der Waals surface area contributed by atoms with Crippen LogP contribution >= 0.6 is 0 Å². The summed E-state index contributed by atoms with van der Waals surface area (Å²) in [4.78, 5) is 0. The van der Waals surface area contributed by atoms with Crippen LogP contribution < -0.4 is 5.32 Å². The molecule has 0 bridgehead atoms. The Morgan fingerprint density at radius 3 is 2.50 bits per heavy atom. The topological polar surface area (TPSA) is 32.3 Å². The predicted octanol–water partition coefficient (Wildman–Crippen LogP) is 3.03. The average molecular weight is 245 g/mol. The van der Waals surface area contributed by atoms with E-state index >= 15 is 0 Å². The van der Waals surface area contributed by atoms with Gasteiger partial charge in [0.05, 0.1) is 0 Å². The predicted molar refractivity (Wildman–Crippen MR) is 70.0 cm³/mol.